The Bertz CT molecular complexity index is 353. The van der Waals surface area contributed by atoms with Crippen LogP contribution in [-0.4, -0.2) is 5.78 Å². The topological polar surface area (TPSA) is 17.1 Å². The van der Waals surface area contributed by atoms with Gasteiger partial charge in [-0.1, -0.05) is 103 Å². The highest BCUT2D eigenvalue weighted by molar-refractivity contribution is 5.72. The van der Waals surface area contributed by atoms with E-state index in [1.807, 2.05) is 0 Å². The Kier molecular flexibility index (Phi) is 23.0. The van der Waals surface area contributed by atoms with Crippen molar-refractivity contribution in [2.24, 2.45) is 11.8 Å². The second-order valence-electron chi connectivity index (χ2n) is 7.69. The summed E-state index contributed by atoms with van der Waals surface area (Å²) in [5.41, 5.74) is 2.68. The Hall–Kier alpha value is -1.11. The van der Waals surface area contributed by atoms with Crippen molar-refractivity contribution in [3.05, 3.63) is 35.4 Å². The molecule has 24 heavy (non-hydrogen) atoms. The van der Waals surface area contributed by atoms with Crippen molar-refractivity contribution >= 4 is 5.78 Å². The zero-order valence-corrected chi connectivity index (χ0v) is 18.2. The maximum absolute atomic E-state index is 9.44. The van der Waals surface area contributed by atoms with Gasteiger partial charge >= 0.3 is 0 Å². The van der Waals surface area contributed by atoms with Gasteiger partial charge in [0.1, 0.15) is 5.78 Å². The van der Waals surface area contributed by atoms with Gasteiger partial charge in [-0.2, -0.15) is 0 Å². The van der Waals surface area contributed by atoms with E-state index in [4.69, 9.17) is 0 Å². The third kappa shape index (κ3) is 42.8. The summed E-state index contributed by atoms with van der Waals surface area (Å²) in [6, 6.07) is 8.45. The minimum atomic E-state index is 0.167. The van der Waals surface area contributed by atoms with Gasteiger partial charge < -0.3 is 4.79 Å². The molecule has 0 fully saturated rings. The standard InChI is InChI=1S/C8H10.C8H18.C4H10.C3H6O/c1-7-4-3-5-8(2)6-7;1-4-5-6-7-8(2)3;1-4(2)3;1-3(2)4/h3-6H,1-2H3;8H,4-7H2,1-3H3;4H,1-3H3;1-2H3. The number of aryl methyl sites for hydroxylation is 2. The van der Waals surface area contributed by atoms with Crippen LogP contribution in [0.3, 0.4) is 0 Å². The molecule has 0 unspecified atom stereocenters. The van der Waals surface area contributed by atoms with Crippen LogP contribution in [0.5, 0.6) is 0 Å². The Morgan fingerprint density at radius 1 is 0.917 bits per heavy atom. The van der Waals surface area contributed by atoms with Gasteiger partial charge in [0, 0.05) is 0 Å². The monoisotopic (exact) mass is 336 g/mol. The summed E-state index contributed by atoms with van der Waals surface area (Å²) in [7, 11) is 0. The van der Waals surface area contributed by atoms with Crippen LogP contribution in [0.1, 0.15) is 92.2 Å². The molecule has 0 atom stereocenters. The molecule has 0 aliphatic carbocycles. The third-order valence-electron chi connectivity index (χ3n) is 2.56. The van der Waals surface area contributed by atoms with Crippen LogP contribution >= 0.6 is 0 Å². The zero-order chi connectivity index (χ0) is 19.5. The molecule has 0 aromatic heterocycles. The molecule has 0 saturated heterocycles. The fraction of sp³-hybridized carbons (Fsp3) is 0.696. The number of carbonyl (C=O) groups excluding carboxylic acids is 1. The molecule has 0 spiro atoms. The fourth-order valence-corrected chi connectivity index (χ4v) is 1.61. The molecule has 0 radical (unpaired) electrons. The summed E-state index contributed by atoms with van der Waals surface area (Å²) < 4.78 is 0. The molecule has 1 aromatic carbocycles. The number of hydrogen-bond donors (Lipinski definition) is 0. The number of ketones is 1. The van der Waals surface area contributed by atoms with Crippen molar-refractivity contribution in [1.82, 2.24) is 0 Å². The number of carbonyl (C=O) groups is 1. The van der Waals surface area contributed by atoms with Crippen molar-refractivity contribution < 1.29 is 4.79 Å². The highest BCUT2D eigenvalue weighted by Gasteiger charge is 1.90. The van der Waals surface area contributed by atoms with Crippen molar-refractivity contribution in [1.29, 1.82) is 0 Å². The average molecular weight is 337 g/mol. The lowest BCUT2D eigenvalue weighted by Crippen LogP contribution is -1.85. The fourth-order valence-electron chi connectivity index (χ4n) is 1.61. The number of benzene rings is 1. The Morgan fingerprint density at radius 2 is 1.29 bits per heavy atom. The smallest absolute Gasteiger partial charge is 0.126 e. The van der Waals surface area contributed by atoms with Crippen LogP contribution in [0.25, 0.3) is 0 Å². The first-order chi connectivity index (χ1) is 11.0. The molecular weight excluding hydrogens is 292 g/mol. The quantitative estimate of drug-likeness (QED) is 0.513. The van der Waals surface area contributed by atoms with E-state index >= 15 is 0 Å². The van der Waals surface area contributed by atoms with Gasteiger partial charge in [0.25, 0.3) is 0 Å². The predicted octanol–water partition coefficient (Wildman–Crippen LogP) is 7.78. The molecule has 0 N–H and O–H groups in total. The first-order valence-corrected chi connectivity index (χ1v) is 9.53. The average Bonchev–Trinajstić information content (AvgIpc) is 2.37. The molecule has 1 rings (SSSR count). The van der Waals surface area contributed by atoms with E-state index in [2.05, 4.69) is 79.7 Å². The minimum absolute atomic E-state index is 0.167. The van der Waals surface area contributed by atoms with Crippen molar-refractivity contribution in [2.45, 2.75) is 94.9 Å². The van der Waals surface area contributed by atoms with Gasteiger partial charge in [0.05, 0.1) is 0 Å². The van der Waals surface area contributed by atoms with Gasteiger partial charge in [-0.25, -0.2) is 0 Å². The molecule has 0 amide bonds. The van der Waals surface area contributed by atoms with Crippen LogP contribution in [0, 0.1) is 25.7 Å². The Labute approximate surface area is 153 Å². The summed E-state index contributed by atoms with van der Waals surface area (Å²) in [6.45, 7) is 20.6. The second-order valence-corrected chi connectivity index (χ2v) is 7.69. The molecule has 0 saturated carbocycles. The van der Waals surface area contributed by atoms with Crippen LogP contribution < -0.4 is 0 Å². The second kappa shape index (κ2) is 19.9. The number of unbranched alkanes of at least 4 members (excludes halogenated alkanes) is 2. The molecular formula is C23H44O. The van der Waals surface area contributed by atoms with Crippen LogP contribution in [0.2, 0.25) is 0 Å². The molecule has 0 aliphatic heterocycles. The molecule has 0 heterocycles. The normalized spacial score (nSPS) is 9.17. The van der Waals surface area contributed by atoms with E-state index in [1.165, 1.54) is 50.7 Å². The van der Waals surface area contributed by atoms with E-state index in [0.29, 0.717) is 0 Å². The van der Waals surface area contributed by atoms with E-state index in [1.54, 1.807) is 0 Å². The molecule has 1 nitrogen and oxygen atoms in total. The van der Waals surface area contributed by atoms with Gasteiger partial charge in [-0.15, -0.1) is 0 Å². The lowest BCUT2D eigenvalue weighted by Gasteiger charge is -2.00. The molecule has 142 valence electrons. The van der Waals surface area contributed by atoms with Gasteiger partial charge in [0.15, 0.2) is 0 Å². The summed E-state index contributed by atoms with van der Waals surface area (Å²) in [5.74, 6) is 1.90. The molecule has 1 heteroatoms. The van der Waals surface area contributed by atoms with Gasteiger partial charge in [-0.05, 0) is 39.5 Å². The minimum Gasteiger partial charge on any atom is -0.300 e. The van der Waals surface area contributed by atoms with E-state index < -0.39 is 0 Å². The first kappa shape index (κ1) is 27.7. The molecule has 1 aromatic rings. The van der Waals surface area contributed by atoms with Crippen molar-refractivity contribution in [2.75, 3.05) is 0 Å². The predicted molar refractivity (Wildman–Crippen MR) is 112 cm³/mol. The maximum Gasteiger partial charge on any atom is 0.126 e. The van der Waals surface area contributed by atoms with E-state index in [-0.39, 0.29) is 5.78 Å². The third-order valence-corrected chi connectivity index (χ3v) is 2.56. The Morgan fingerprint density at radius 3 is 1.50 bits per heavy atom. The van der Waals surface area contributed by atoms with Crippen molar-refractivity contribution in [3.63, 3.8) is 0 Å². The van der Waals surface area contributed by atoms with E-state index in [0.717, 1.165) is 11.8 Å². The number of rotatable bonds is 4. The van der Waals surface area contributed by atoms with Crippen LogP contribution in [0.15, 0.2) is 24.3 Å². The summed E-state index contributed by atoms with van der Waals surface area (Å²) in [6.07, 6.45) is 5.60. The van der Waals surface area contributed by atoms with E-state index in [9.17, 15) is 4.79 Å². The molecule has 0 bridgehead atoms. The summed E-state index contributed by atoms with van der Waals surface area (Å²) in [5, 5.41) is 0. The van der Waals surface area contributed by atoms with Gasteiger partial charge in [0.2, 0.25) is 0 Å². The highest BCUT2D eigenvalue weighted by Crippen LogP contribution is 2.06. The lowest BCUT2D eigenvalue weighted by atomic mass is 10.1. The van der Waals surface area contributed by atoms with Gasteiger partial charge in [-0.3, -0.25) is 0 Å². The highest BCUT2D eigenvalue weighted by atomic mass is 16.1. The lowest BCUT2D eigenvalue weighted by molar-refractivity contribution is -0.114. The van der Waals surface area contributed by atoms with Crippen molar-refractivity contribution in [3.8, 4) is 0 Å². The number of Topliss-reactive ketones (excluding diaryl/α,β-unsaturated/α-hetero) is 1. The largest absolute Gasteiger partial charge is 0.300 e. The molecule has 0 aliphatic rings. The zero-order valence-electron chi connectivity index (χ0n) is 18.2. The number of hydrogen-bond acceptors (Lipinski definition) is 1. The van der Waals surface area contributed by atoms with Crippen LogP contribution in [-0.2, 0) is 4.79 Å². The maximum atomic E-state index is 9.44. The summed E-state index contributed by atoms with van der Waals surface area (Å²) >= 11 is 0. The first-order valence-electron chi connectivity index (χ1n) is 9.53. The summed E-state index contributed by atoms with van der Waals surface area (Å²) in [4.78, 5) is 9.44. The SMILES string of the molecule is CC(C)=O.CC(C)C.CCCCCC(C)C.Cc1cccc(C)c1. The Balaban J connectivity index is -0.000000260. The van der Waals surface area contributed by atoms with Crippen LogP contribution in [0.4, 0.5) is 0 Å².